The van der Waals surface area contributed by atoms with Crippen molar-refractivity contribution in [1.82, 2.24) is 10.2 Å². The third-order valence-corrected chi connectivity index (χ3v) is 6.00. The van der Waals surface area contributed by atoms with Crippen LogP contribution in [0.15, 0.2) is 28.7 Å². The van der Waals surface area contributed by atoms with Crippen LogP contribution in [0, 0.1) is 5.92 Å². The van der Waals surface area contributed by atoms with E-state index in [1.807, 2.05) is 12.1 Å². The van der Waals surface area contributed by atoms with E-state index in [2.05, 4.69) is 21.2 Å². The number of nitrogens with zero attached hydrogens (tertiary/aromatic N) is 1. The van der Waals surface area contributed by atoms with Gasteiger partial charge in [-0.2, -0.15) is 0 Å². The van der Waals surface area contributed by atoms with Crippen molar-refractivity contribution in [2.45, 2.75) is 57.4 Å². The second-order valence-corrected chi connectivity index (χ2v) is 8.16. The lowest BCUT2D eigenvalue weighted by atomic mass is 10.0. The minimum atomic E-state index is -0.317. The summed E-state index contributed by atoms with van der Waals surface area (Å²) < 4.78 is 0.946. The van der Waals surface area contributed by atoms with Crippen LogP contribution in [0.1, 0.15) is 61.7 Å². The highest BCUT2D eigenvalue weighted by Crippen LogP contribution is 2.28. The molecule has 1 atom stereocenters. The SMILES string of the molecule is O=C(NCCCC1CCCC1)C1CCCN1C(=O)c1ccc(Br)cc1. The minimum Gasteiger partial charge on any atom is -0.354 e. The van der Waals surface area contributed by atoms with Gasteiger partial charge in [-0.3, -0.25) is 9.59 Å². The summed E-state index contributed by atoms with van der Waals surface area (Å²) in [4.78, 5) is 27.0. The van der Waals surface area contributed by atoms with Crippen LogP contribution < -0.4 is 5.32 Å². The van der Waals surface area contributed by atoms with E-state index in [-0.39, 0.29) is 17.9 Å². The van der Waals surface area contributed by atoms with Gasteiger partial charge in [-0.15, -0.1) is 0 Å². The van der Waals surface area contributed by atoms with Crippen LogP contribution in [-0.2, 0) is 4.79 Å². The van der Waals surface area contributed by atoms with E-state index >= 15 is 0 Å². The molecule has 0 aromatic heterocycles. The summed E-state index contributed by atoms with van der Waals surface area (Å²) in [6, 6.07) is 7.02. The van der Waals surface area contributed by atoms with Crippen molar-refractivity contribution in [3.63, 3.8) is 0 Å². The molecule has 1 aromatic rings. The standard InChI is InChI=1S/C20H27BrN2O2/c21-17-11-9-16(10-12-17)20(25)23-14-4-8-18(23)19(24)22-13-3-7-15-5-1-2-6-15/h9-12,15,18H,1-8,13-14H2,(H,22,24). The maximum Gasteiger partial charge on any atom is 0.254 e. The topological polar surface area (TPSA) is 49.4 Å². The molecule has 2 aliphatic rings. The number of hydrogen-bond acceptors (Lipinski definition) is 2. The van der Waals surface area contributed by atoms with Gasteiger partial charge in [0, 0.05) is 23.1 Å². The second kappa shape index (κ2) is 8.84. The van der Waals surface area contributed by atoms with Crippen molar-refractivity contribution < 1.29 is 9.59 Å². The van der Waals surface area contributed by atoms with E-state index < -0.39 is 0 Å². The lowest BCUT2D eigenvalue weighted by Gasteiger charge is -2.24. The van der Waals surface area contributed by atoms with Gasteiger partial charge >= 0.3 is 0 Å². The predicted octanol–water partition coefficient (Wildman–Crippen LogP) is 4.14. The quantitative estimate of drug-likeness (QED) is 0.721. The zero-order valence-electron chi connectivity index (χ0n) is 14.7. The number of carbonyl (C=O) groups excluding carboxylic acids is 2. The largest absolute Gasteiger partial charge is 0.354 e. The molecule has 5 heteroatoms. The lowest BCUT2D eigenvalue weighted by molar-refractivity contribution is -0.124. The first-order valence-electron chi connectivity index (χ1n) is 9.49. The fourth-order valence-corrected chi connectivity index (χ4v) is 4.32. The number of benzene rings is 1. The van der Waals surface area contributed by atoms with Gasteiger partial charge < -0.3 is 10.2 Å². The Labute approximate surface area is 158 Å². The normalized spacial score (nSPS) is 20.8. The third kappa shape index (κ3) is 4.84. The number of nitrogens with one attached hydrogen (secondary N) is 1. The fourth-order valence-electron chi connectivity index (χ4n) is 4.06. The average Bonchev–Trinajstić information content (AvgIpc) is 3.30. The van der Waals surface area contributed by atoms with Gasteiger partial charge in [-0.05, 0) is 55.9 Å². The zero-order chi connectivity index (χ0) is 17.6. The summed E-state index contributed by atoms with van der Waals surface area (Å²) in [5, 5.41) is 3.05. The fraction of sp³-hybridized carbons (Fsp3) is 0.600. The van der Waals surface area contributed by atoms with Crippen molar-refractivity contribution in [1.29, 1.82) is 0 Å². The molecule has 0 bridgehead atoms. The summed E-state index contributed by atoms with van der Waals surface area (Å²) in [6.45, 7) is 1.39. The van der Waals surface area contributed by atoms with Gasteiger partial charge in [-0.1, -0.05) is 41.6 Å². The highest BCUT2D eigenvalue weighted by atomic mass is 79.9. The van der Waals surface area contributed by atoms with Gasteiger partial charge in [0.15, 0.2) is 0 Å². The maximum absolute atomic E-state index is 12.7. The van der Waals surface area contributed by atoms with Crippen molar-refractivity contribution >= 4 is 27.7 Å². The van der Waals surface area contributed by atoms with Crippen molar-refractivity contribution in [2.24, 2.45) is 5.92 Å². The molecule has 1 N–H and O–H groups in total. The molecule has 2 fully saturated rings. The number of amides is 2. The molecule has 136 valence electrons. The van der Waals surface area contributed by atoms with E-state index in [9.17, 15) is 9.59 Å². The number of carbonyl (C=O) groups is 2. The molecule has 1 aromatic carbocycles. The molecule has 3 rings (SSSR count). The van der Waals surface area contributed by atoms with Gasteiger partial charge in [-0.25, -0.2) is 0 Å². The Hall–Kier alpha value is -1.36. The van der Waals surface area contributed by atoms with E-state index in [1.165, 1.54) is 32.1 Å². The molecular weight excluding hydrogens is 380 g/mol. The average molecular weight is 407 g/mol. The number of halogens is 1. The number of rotatable bonds is 6. The summed E-state index contributed by atoms with van der Waals surface area (Å²) in [6.07, 6.45) is 9.35. The Bertz CT molecular complexity index is 596. The van der Waals surface area contributed by atoms with Crippen LogP contribution in [0.4, 0.5) is 0 Å². The Morgan fingerprint density at radius 2 is 1.80 bits per heavy atom. The number of likely N-dealkylation sites (tertiary alicyclic amines) is 1. The molecule has 1 saturated heterocycles. The summed E-state index contributed by atoms with van der Waals surface area (Å²) in [5.74, 6) is 0.823. The van der Waals surface area contributed by atoms with Gasteiger partial charge in [0.2, 0.25) is 5.91 Å². The van der Waals surface area contributed by atoms with Crippen LogP contribution in [0.5, 0.6) is 0 Å². The maximum atomic E-state index is 12.7. The zero-order valence-corrected chi connectivity index (χ0v) is 16.3. The van der Waals surface area contributed by atoms with Crippen molar-refractivity contribution in [2.75, 3.05) is 13.1 Å². The van der Waals surface area contributed by atoms with Crippen LogP contribution >= 0.6 is 15.9 Å². The highest BCUT2D eigenvalue weighted by Gasteiger charge is 2.34. The van der Waals surface area contributed by atoms with E-state index in [0.717, 1.165) is 36.2 Å². The molecular formula is C20H27BrN2O2. The molecule has 0 radical (unpaired) electrons. The highest BCUT2D eigenvalue weighted by molar-refractivity contribution is 9.10. The summed E-state index contributed by atoms with van der Waals surface area (Å²) >= 11 is 3.38. The Morgan fingerprint density at radius 1 is 1.08 bits per heavy atom. The van der Waals surface area contributed by atoms with Crippen LogP contribution in [0.3, 0.4) is 0 Å². The lowest BCUT2D eigenvalue weighted by Crippen LogP contribution is -2.46. The molecule has 1 aliphatic carbocycles. The minimum absolute atomic E-state index is 0.00869. The second-order valence-electron chi connectivity index (χ2n) is 7.25. The Balaban J connectivity index is 1.49. The predicted molar refractivity (Wildman–Crippen MR) is 102 cm³/mol. The first-order chi connectivity index (χ1) is 12.1. The first-order valence-corrected chi connectivity index (χ1v) is 10.3. The van der Waals surface area contributed by atoms with Crippen LogP contribution in [-0.4, -0.2) is 35.8 Å². The van der Waals surface area contributed by atoms with Gasteiger partial charge in [0.05, 0.1) is 0 Å². The monoisotopic (exact) mass is 406 g/mol. The molecule has 1 unspecified atom stereocenters. The number of hydrogen-bond donors (Lipinski definition) is 1. The molecule has 1 aliphatic heterocycles. The van der Waals surface area contributed by atoms with E-state index in [4.69, 9.17) is 0 Å². The molecule has 25 heavy (non-hydrogen) atoms. The first kappa shape index (κ1) is 18.4. The van der Waals surface area contributed by atoms with E-state index in [0.29, 0.717) is 12.1 Å². The smallest absolute Gasteiger partial charge is 0.254 e. The third-order valence-electron chi connectivity index (χ3n) is 5.47. The molecule has 1 saturated carbocycles. The summed E-state index contributed by atoms with van der Waals surface area (Å²) in [5.41, 5.74) is 0.643. The van der Waals surface area contributed by atoms with Crippen molar-refractivity contribution in [3.05, 3.63) is 34.3 Å². The van der Waals surface area contributed by atoms with Crippen molar-refractivity contribution in [3.8, 4) is 0 Å². The molecule has 2 amide bonds. The van der Waals surface area contributed by atoms with E-state index in [1.54, 1.807) is 17.0 Å². The Kier molecular flexibility index (Phi) is 6.51. The molecule has 4 nitrogen and oxygen atoms in total. The van der Waals surface area contributed by atoms with Gasteiger partial charge in [0.25, 0.3) is 5.91 Å². The Morgan fingerprint density at radius 3 is 2.52 bits per heavy atom. The summed E-state index contributed by atoms with van der Waals surface area (Å²) in [7, 11) is 0. The van der Waals surface area contributed by atoms with Gasteiger partial charge in [0.1, 0.15) is 6.04 Å². The van der Waals surface area contributed by atoms with Crippen LogP contribution in [0.2, 0.25) is 0 Å². The molecule has 1 heterocycles. The van der Waals surface area contributed by atoms with Crippen LogP contribution in [0.25, 0.3) is 0 Å². The molecule has 0 spiro atoms.